The molecule has 2 N–H and O–H groups in total. The molecule has 2 rings (SSSR count). The van der Waals surface area contributed by atoms with Gasteiger partial charge in [0, 0.05) is 30.7 Å². The van der Waals surface area contributed by atoms with Gasteiger partial charge in [-0.1, -0.05) is 0 Å². The van der Waals surface area contributed by atoms with E-state index in [1.807, 2.05) is 18.7 Å². The molecule has 106 valence electrons. The molecular formula is C12H19N3O2S2. The first kappa shape index (κ1) is 14.6. The summed E-state index contributed by atoms with van der Waals surface area (Å²) in [6.07, 6.45) is 5.23. The molecule has 0 aliphatic carbocycles. The summed E-state index contributed by atoms with van der Waals surface area (Å²) in [4.78, 5) is 4.13. The number of nitrogens with zero attached hydrogens (tertiary/aromatic N) is 1. The van der Waals surface area contributed by atoms with E-state index in [1.54, 1.807) is 12.3 Å². The molecule has 1 aromatic rings. The predicted molar refractivity (Wildman–Crippen MR) is 79.1 cm³/mol. The Morgan fingerprint density at radius 2 is 2.37 bits per heavy atom. The molecule has 0 spiro atoms. The van der Waals surface area contributed by atoms with Gasteiger partial charge in [0.2, 0.25) is 10.0 Å². The fraction of sp³-hybridized carbons (Fsp3) is 0.583. The van der Waals surface area contributed by atoms with E-state index < -0.39 is 10.0 Å². The zero-order valence-electron chi connectivity index (χ0n) is 10.9. The number of anilines is 1. The van der Waals surface area contributed by atoms with Gasteiger partial charge in [0.25, 0.3) is 0 Å². The molecule has 7 heteroatoms. The molecule has 5 nitrogen and oxygen atoms in total. The maximum Gasteiger partial charge on any atom is 0.244 e. The van der Waals surface area contributed by atoms with Crippen molar-refractivity contribution in [2.75, 3.05) is 24.2 Å². The van der Waals surface area contributed by atoms with Crippen LogP contribution in [0.4, 0.5) is 5.69 Å². The highest BCUT2D eigenvalue weighted by atomic mass is 32.2. The summed E-state index contributed by atoms with van der Waals surface area (Å²) < 4.78 is 27.3. The van der Waals surface area contributed by atoms with Gasteiger partial charge >= 0.3 is 0 Å². The van der Waals surface area contributed by atoms with E-state index in [1.165, 1.54) is 12.6 Å². The maximum absolute atomic E-state index is 12.3. The summed E-state index contributed by atoms with van der Waals surface area (Å²) in [5, 5.41) is 3.44. The van der Waals surface area contributed by atoms with Crippen LogP contribution in [0.1, 0.15) is 19.8 Å². The average Bonchev–Trinajstić information content (AvgIpc) is 2.91. The molecule has 0 amide bonds. The Morgan fingerprint density at radius 1 is 1.53 bits per heavy atom. The van der Waals surface area contributed by atoms with Crippen LogP contribution in [0.5, 0.6) is 0 Å². The summed E-state index contributed by atoms with van der Waals surface area (Å²) in [7, 11) is -3.49. The van der Waals surface area contributed by atoms with E-state index in [0.717, 1.165) is 12.2 Å². The SMILES string of the molecule is CCNc1ccncc1S(=O)(=O)NCC1CCCS1. The monoisotopic (exact) mass is 301 g/mol. The third-order valence-electron chi connectivity index (χ3n) is 2.97. The van der Waals surface area contributed by atoms with Crippen LogP contribution in [0.25, 0.3) is 0 Å². The molecule has 0 bridgehead atoms. The third kappa shape index (κ3) is 3.84. The topological polar surface area (TPSA) is 71.1 Å². The third-order valence-corrected chi connectivity index (χ3v) is 5.82. The van der Waals surface area contributed by atoms with E-state index in [0.29, 0.717) is 24.0 Å². The normalized spacial score (nSPS) is 19.5. The van der Waals surface area contributed by atoms with Crippen LogP contribution in [0, 0.1) is 0 Å². The van der Waals surface area contributed by atoms with Crippen molar-refractivity contribution in [1.82, 2.24) is 9.71 Å². The van der Waals surface area contributed by atoms with Crippen molar-refractivity contribution in [3.63, 3.8) is 0 Å². The first-order valence-corrected chi connectivity index (χ1v) is 8.96. The van der Waals surface area contributed by atoms with Gasteiger partial charge in [0.15, 0.2) is 0 Å². The Bertz CT molecular complexity index is 513. The second kappa shape index (κ2) is 6.58. The van der Waals surface area contributed by atoms with Crippen LogP contribution in [0.2, 0.25) is 0 Å². The van der Waals surface area contributed by atoms with Crippen LogP contribution in [0.3, 0.4) is 0 Å². The Labute approximate surface area is 118 Å². The van der Waals surface area contributed by atoms with Crippen molar-refractivity contribution >= 4 is 27.5 Å². The van der Waals surface area contributed by atoms with Crippen LogP contribution in [0.15, 0.2) is 23.4 Å². The van der Waals surface area contributed by atoms with Gasteiger partial charge in [-0.25, -0.2) is 13.1 Å². The van der Waals surface area contributed by atoms with Gasteiger partial charge in [-0.3, -0.25) is 4.98 Å². The summed E-state index contributed by atoms with van der Waals surface area (Å²) in [5.74, 6) is 1.13. The highest BCUT2D eigenvalue weighted by Gasteiger charge is 2.22. The summed E-state index contributed by atoms with van der Waals surface area (Å²) in [6.45, 7) is 3.10. The highest BCUT2D eigenvalue weighted by molar-refractivity contribution is 8.00. The van der Waals surface area contributed by atoms with Crippen molar-refractivity contribution < 1.29 is 8.42 Å². The number of hydrogen-bond donors (Lipinski definition) is 2. The first-order valence-electron chi connectivity index (χ1n) is 6.42. The van der Waals surface area contributed by atoms with Crippen LogP contribution >= 0.6 is 11.8 Å². The molecule has 1 saturated heterocycles. The van der Waals surface area contributed by atoms with Crippen molar-refractivity contribution in [1.29, 1.82) is 0 Å². The smallest absolute Gasteiger partial charge is 0.244 e. The molecule has 1 atom stereocenters. The Morgan fingerprint density at radius 3 is 3.05 bits per heavy atom. The quantitative estimate of drug-likeness (QED) is 0.836. The molecule has 1 aliphatic rings. The van der Waals surface area contributed by atoms with Crippen molar-refractivity contribution in [2.24, 2.45) is 0 Å². The average molecular weight is 301 g/mol. The Hall–Kier alpha value is -0.790. The predicted octanol–water partition coefficient (Wildman–Crippen LogP) is 1.69. The molecule has 0 radical (unpaired) electrons. The molecule has 19 heavy (non-hydrogen) atoms. The molecule has 1 fully saturated rings. The van der Waals surface area contributed by atoms with Gasteiger partial charge in [0.05, 0.1) is 5.69 Å². The van der Waals surface area contributed by atoms with Gasteiger partial charge in [0.1, 0.15) is 4.90 Å². The highest BCUT2D eigenvalue weighted by Crippen LogP contribution is 2.26. The van der Waals surface area contributed by atoms with E-state index in [2.05, 4.69) is 15.0 Å². The first-order chi connectivity index (χ1) is 9.13. The molecule has 2 heterocycles. The summed E-state index contributed by atoms with van der Waals surface area (Å²) >= 11 is 1.83. The number of thioether (sulfide) groups is 1. The van der Waals surface area contributed by atoms with E-state index >= 15 is 0 Å². The van der Waals surface area contributed by atoms with Gasteiger partial charge in [-0.05, 0) is 31.6 Å². The van der Waals surface area contributed by atoms with Crippen LogP contribution in [-0.2, 0) is 10.0 Å². The number of pyridine rings is 1. The van der Waals surface area contributed by atoms with Crippen molar-refractivity contribution in [2.45, 2.75) is 29.9 Å². The van der Waals surface area contributed by atoms with E-state index in [4.69, 9.17) is 0 Å². The largest absolute Gasteiger partial charge is 0.384 e. The van der Waals surface area contributed by atoms with Gasteiger partial charge in [-0.15, -0.1) is 0 Å². The Kier molecular flexibility index (Phi) is 5.06. The maximum atomic E-state index is 12.3. The molecule has 0 aromatic carbocycles. The number of rotatable bonds is 6. The second-order valence-corrected chi connectivity index (χ2v) is 7.53. The van der Waals surface area contributed by atoms with Gasteiger partial charge in [-0.2, -0.15) is 11.8 Å². The van der Waals surface area contributed by atoms with E-state index in [-0.39, 0.29) is 4.90 Å². The zero-order valence-corrected chi connectivity index (χ0v) is 12.6. The fourth-order valence-corrected chi connectivity index (χ4v) is 4.53. The number of hydrogen-bond acceptors (Lipinski definition) is 5. The lowest BCUT2D eigenvalue weighted by atomic mass is 10.2. The van der Waals surface area contributed by atoms with E-state index in [9.17, 15) is 8.42 Å². The van der Waals surface area contributed by atoms with Crippen molar-refractivity contribution in [3.05, 3.63) is 18.5 Å². The lowest BCUT2D eigenvalue weighted by Gasteiger charge is -2.13. The zero-order chi connectivity index (χ0) is 13.7. The molecule has 1 aliphatic heterocycles. The molecule has 0 saturated carbocycles. The molecular weight excluding hydrogens is 282 g/mol. The van der Waals surface area contributed by atoms with Crippen molar-refractivity contribution in [3.8, 4) is 0 Å². The Balaban J connectivity index is 2.09. The second-order valence-electron chi connectivity index (χ2n) is 4.39. The lowest BCUT2D eigenvalue weighted by molar-refractivity contribution is 0.579. The fourth-order valence-electron chi connectivity index (χ4n) is 2.02. The minimum atomic E-state index is -3.49. The standard InChI is InChI=1S/C12H19N3O2S2/c1-2-14-11-5-6-13-9-12(11)19(16,17)15-8-10-4-3-7-18-10/h5-6,9-10,15H,2-4,7-8H2,1H3,(H,13,14). The summed E-state index contributed by atoms with van der Waals surface area (Å²) in [5.41, 5.74) is 0.601. The van der Waals surface area contributed by atoms with Crippen LogP contribution < -0.4 is 10.0 Å². The number of sulfonamides is 1. The number of nitrogens with one attached hydrogen (secondary N) is 2. The summed E-state index contributed by atoms with van der Waals surface area (Å²) in [6, 6.07) is 1.68. The minimum Gasteiger partial charge on any atom is -0.384 e. The van der Waals surface area contributed by atoms with Crippen LogP contribution in [-0.4, -0.2) is 37.5 Å². The minimum absolute atomic E-state index is 0.222. The van der Waals surface area contributed by atoms with Gasteiger partial charge < -0.3 is 5.32 Å². The molecule has 1 aromatic heterocycles. The lowest BCUT2D eigenvalue weighted by Crippen LogP contribution is -2.30. The molecule has 1 unspecified atom stereocenters. The number of aromatic nitrogens is 1.